The second kappa shape index (κ2) is 11.3. The van der Waals surface area contributed by atoms with Crippen LogP contribution in [0.15, 0.2) is 42.5 Å². The van der Waals surface area contributed by atoms with Gasteiger partial charge in [0, 0.05) is 17.6 Å². The van der Waals surface area contributed by atoms with Gasteiger partial charge in [-0.15, -0.1) is 0 Å². The maximum atomic E-state index is 14.1. The van der Waals surface area contributed by atoms with Crippen LogP contribution in [-0.4, -0.2) is 47.4 Å². The van der Waals surface area contributed by atoms with Gasteiger partial charge in [-0.25, -0.2) is 0 Å². The van der Waals surface area contributed by atoms with E-state index >= 15 is 0 Å². The Hall–Kier alpha value is -2.73. The minimum atomic E-state index is -0.752. The molecule has 7 heteroatoms. The number of methoxy groups -OCH3 is 1. The second-order valence-corrected chi connectivity index (χ2v) is 10.1. The average molecular weight is 499 g/mol. The van der Waals surface area contributed by atoms with E-state index in [4.69, 9.17) is 21.1 Å². The van der Waals surface area contributed by atoms with Crippen LogP contribution in [0.2, 0.25) is 5.02 Å². The van der Waals surface area contributed by atoms with E-state index in [0.717, 1.165) is 31.2 Å². The molecule has 0 bridgehead atoms. The van der Waals surface area contributed by atoms with Crippen LogP contribution in [0.5, 0.6) is 11.5 Å². The summed E-state index contributed by atoms with van der Waals surface area (Å²) in [6.45, 7) is 4.27. The summed E-state index contributed by atoms with van der Waals surface area (Å²) in [5, 5.41) is 0.580. The number of carbonyl (C=O) groups is 2. The van der Waals surface area contributed by atoms with Crippen LogP contribution in [0.4, 0.5) is 0 Å². The first-order valence-corrected chi connectivity index (χ1v) is 12.9. The lowest BCUT2D eigenvalue weighted by atomic mass is 9.96. The molecule has 6 nitrogen and oxygen atoms in total. The summed E-state index contributed by atoms with van der Waals surface area (Å²) < 4.78 is 11.5. The van der Waals surface area contributed by atoms with Crippen LogP contribution < -0.4 is 9.47 Å². The number of piperazine rings is 1. The molecule has 1 heterocycles. The lowest BCUT2D eigenvalue weighted by molar-refractivity contribution is -0.159. The molecule has 2 amide bonds. The van der Waals surface area contributed by atoms with Gasteiger partial charge in [0.25, 0.3) is 5.91 Å². The van der Waals surface area contributed by atoms with Crippen LogP contribution in [-0.2, 0) is 16.1 Å². The third-order valence-corrected chi connectivity index (χ3v) is 7.25. The van der Waals surface area contributed by atoms with E-state index < -0.39 is 6.04 Å². The quantitative estimate of drug-likeness (QED) is 0.454. The largest absolute Gasteiger partial charge is 0.493 e. The first-order valence-electron chi connectivity index (χ1n) is 12.6. The van der Waals surface area contributed by atoms with Crippen LogP contribution in [0.3, 0.4) is 0 Å². The molecule has 1 aliphatic carbocycles. The smallest absolute Gasteiger partial charge is 0.250 e. The summed E-state index contributed by atoms with van der Waals surface area (Å²) >= 11 is 6.44. The number of hydrogen-bond donors (Lipinski definition) is 0. The van der Waals surface area contributed by atoms with E-state index in [-0.39, 0.29) is 37.0 Å². The number of nitrogens with zero attached hydrogens (tertiary/aromatic N) is 2. The zero-order valence-electron chi connectivity index (χ0n) is 20.8. The molecular weight excluding hydrogens is 464 g/mol. The number of amides is 2. The van der Waals surface area contributed by atoms with Crippen LogP contribution in [0.1, 0.15) is 69.5 Å². The normalized spacial score (nSPS) is 19.7. The molecule has 2 aromatic carbocycles. The molecule has 35 heavy (non-hydrogen) atoms. The van der Waals surface area contributed by atoms with Crippen LogP contribution in [0.25, 0.3) is 0 Å². The lowest BCUT2D eigenvalue weighted by Crippen LogP contribution is -2.57. The highest BCUT2D eigenvalue weighted by Crippen LogP contribution is 2.37. The van der Waals surface area contributed by atoms with Crippen molar-refractivity contribution in [3.8, 4) is 11.5 Å². The van der Waals surface area contributed by atoms with Gasteiger partial charge in [-0.3, -0.25) is 9.59 Å². The summed E-state index contributed by atoms with van der Waals surface area (Å²) in [4.78, 5) is 31.1. The number of benzene rings is 2. The maximum Gasteiger partial charge on any atom is 0.250 e. The first kappa shape index (κ1) is 25.4. The fraction of sp³-hybridized carbons (Fsp3) is 0.500. The molecule has 1 atom stereocenters. The van der Waals surface area contributed by atoms with Gasteiger partial charge in [0.1, 0.15) is 12.6 Å². The lowest BCUT2D eigenvalue weighted by Gasteiger charge is -2.43. The Morgan fingerprint density at radius 2 is 1.71 bits per heavy atom. The first-order chi connectivity index (χ1) is 16.9. The highest BCUT2D eigenvalue weighted by atomic mass is 35.5. The summed E-state index contributed by atoms with van der Waals surface area (Å²) in [6, 6.07) is 12.3. The van der Waals surface area contributed by atoms with E-state index in [0.29, 0.717) is 22.1 Å². The number of hydrogen-bond acceptors (Lipinski definition) is 4. The fourth-order valence-electron chi connectivity index (χ4n) is 5.15. The molecule has 0 unspecified atom stereocenters. The number of ether oxygens (including phenoxy) is 2. The highest BCUT2D eigenvalue weighted by molar-refractivity contribution is 6.31. The van der Waals surface area contributed by atoms with Crippen molar-refractivity contribution in [1.82, 2.24) is 9.80 Å². The Morgan fingerprint density at radius 1 is 1.00 bits per heavy atom. The third-order valence-electron chi connectivity index (χ3n) is 6.88. The molecule has 1 saturated carbocycles. The van der Waals surface area contributed by atoms with Crippen LogP contribution >= 0.6 is 11.6 Å². The summed E-state index contributed by atoms with van der Waals surface area (Å²) in [5.74, 6) is 1.04. The Kier molecular flexibility index (Phi) is 8.22. The Bertz CT molecular complexity index is 1050. The van der Waals surface area contributed by atoms with Crippen LogP contribution in [0, 0.1) is 0 Å². The maximum absolute atomic E-state index is 14.1. The van der Waals surface area contributed by atoms with Crippen molar-refractivity contribution in [3.05, 3.63) is 58.6 Å². The van der Waals surface area contributed by atoms with Gasteiger partial charge in [-0.05, 0) is 56.0 Å². The van der Waals surface area contributed by atoms with Crippen molar-refractivity contribution in [1.29, 1.82) is 0 Å². The van der Waals surface area contributed by atoms with E-state index in [1.54, 1.807) is 18.1 Å². The molecule has 0 aromatic heterocycles. The van der Waals surface area contributed by atoms with Gasteiger partial charge in [-0.1, -0.05) is 61.5 Å². The topological polar surface area (TPSA) is 59.1 Å². The van der Waals surface area contributed by atoms with E-state index in [9.17, 15) is 9.59 Å². The van der Waals surface area contributed by atoms with Gasteiger partial charge in [0.05, 0.1) is 13.2 Å². The molecule has 1 aliphatic heterocycles. The van der Waals surface area contributed by atoms with Crippen molar-refractivity contribution in [2.24, 2.45) is 0 Å². The van der Waals surface area contributed by atoms with E-state index in [2.05, 4.69) is 0 Å². The van der Waals surface area contributed by atoms with E-state index in [1.807, 2.05) is 55.1 Å². The molecule has 2 aromatic rings. The Balaban J connectivity index is 1.73. The van der Waals surface area contributed by atoms with Gasteiger partial charge < -0.3 is 19.3 Å². The SMILES string of the molecule is COc1cc([C@H]2C(=O)N(C3CCCCCC3)CC(=O)N2Cc2ccccc2Cl)ccc1OC(C)C. The zero-order valence-corrected chi connectivity index (χ0v) is 21.6. The standard InChI is InChI=1S/C28H35ClN2O4/c1-19(2)35-24-15-14-20(16-25(24)34-3)27-28(33)30(22-11-6-4-5-7-12-22)18-26(32)31(27)17-21-10-8-9-13-23(21)29/h8-10,13-16,19,22,27H,4-7,11-12,17-18H2,1-3H3/t27-/m0/s1. The molecule has 2 aliphatic rings. The molecule has 1 saturated heterocycles. The van der Waals surface area contributed by atoms with Crippen molar-refractivity contribution in [2.75, 3.05) is 13.7 Å². The molecule has 0 spiro atoms. The van der Waals surface area contributed by atoms with Gasteiger partial charge >= 0.3 is 0 Å². The number of rotatable bonds is 7. The second-order valence-electron chi connectivity index (χ2n) is 9.70. The average Bonchev–Trinajstić information content (AvgIpc) is 3.12. The predicted molar refractivity (Wildman–Crippen MR) is 137 cm³/mol. The molecule has 188 valence electrons. The highest BCUT2D eigenvalue weighted by Gasteiger charge is 2.43. The van der Waals surface area contributed by atoms with Crippen molar-refractivity contribution in [3.63, 3.8) is 0 Å². The number of carbonyl (C=O) groups excluding carboxylic acids is 2. The Labute approximate surface area is 213 Å². The molecule has 0 radical (unpaired) electrons. The minimum Gasteiger partial charge on any atom is -0.493 e. The predicted octanol–water partition coefficient (Wildman–Crippen LogP) is 5.77. The van der Waals surface area contributed by atoms with Crippen molar-refractivity contribution >= 4 is 23.4 Å². The van der Waals surface area contributed by atoms with E-state index in [1.165, 1.54) is 12.8 Å². The molecular formula is C28H35ClN2O4. The van der Waals surface area contributed by atoms with Crippen molar-refractivity contribution in [2.45, 2.75) is 77.1 Å². The third kappa shape index (κ3) is 5.75. The molecule has 2 fully saturated rings. The Morgan fingerprint density at radius 3 is 2.37 bits per heavy atom. The number of halogens is 1. The molecule has 0 N–H and O–H groups in total. The fourth-order valence-corrected chi connectivity index (χ4v) is 5.34. The zero-order chi connectivity index (χ0) is 24.9. The minimum absolute atomic E-state index is 0.0184. The van der Waals surface area contributed by atoms with Crippen molar-refractivity contribution < 1.29 is 19.1 Å². The van der Waals surface area contributed by atoms with Gasteiger partial charge in [0.2, 0.25) is 5.91 Å². The summed E-state index contributed by atoms with van der Waals surface area (Å²) in [6.07, 6.45) is 6.42. The van der Waals surface area contributed by atoms with Gasteiger partial charge in [0.15, 0.2) is 11.5 Å². The summed E-state index contributed by atoms with van der Waals surface area (Å²) in [7, 11) is 1.58. The monoisotopic (exact) mass is 498 g/mol. The summed E-state index contributed by atoms with van der Waals surface area (Å²) in [5.41, 5.74) is 1.52. The van der Waals surface area contributed by atoms with Gasteiger partial charge in [-0.2, -0.15) is 0 Å². The molecule has 4 rings (SSSR count).